The Morgan fingerprint density at radius 2 is 1.53 bits per heavy atom. The first kappa shape index (κ1) is 33.5. The molecular formula is C32H45Cl3N8. The van der Waals surface area contributed by atoms with Crippen LogP contribution < -0.4 is 16.5 Å². The van der Waals surface area contributed by atoms with Gasteiger partial charge in [0.2, 0.25) is 5.95 Å². The van der Waals surface area contributed by atoms with Crippen LogP contribution in [0.1, 0.15) is 75.8 Å². The van der Waals surface area contributed by atoms with Crippen LogP contribution >= 0.6 is 37.2 Å². The minimum atomic E-state index is 0. The van der Waals surface area contributed by atoms with Crippen LogP contribution in [0.4, 0.5) is 11.8 Å². The zero-order chi connectivity index (χ0) is 26.9. The fourth-order valence-electron chi connectivity index (χ4n) is 7.13. The smallest absolute Gasteiger partial charge is 0.227 e. The lowest BCUT2D eigenvalue weighted by molar-refractivity contribution is 0.216. The van der Waals surface area contributed by atoms with E-state index in [0.29, 0.717) is 30.0 Å². The lowest BCUT2D eigenvalue weighted by Crippen LogP contribution is -2.39. The number of piperidine rings is 1. The van der Waals surface area contributed by atoms with Gasteiger partial charge >= 0.3 is 0 Å². The van der Waals surface area contributed by atoms with Crippen molar-refractivity contribution >= 4 is 70.9 Å². The van der Waals surface area contributed by atoms with Crippen LogP contribution in [-0.4, -0.2) is 49.7 Å². The highest BCUT2D eigenvalue weighted by Gasteiger charge is 2.26. The summed E-state index contributed by atoms with van der Waals surface area (Å²) < 4.78 is 2.30. The molecule has 11 heteroatoms. The number of nitrogens with zero attached hydrogens (tertiary/aromatic N) is 5. The summed E-state index contributed by atoms with van der Waals surface area (Å²) >= 11 is 0. The number of aromatic nitrogens is 4. The van der Waals surface area contributed by atoms with Gasteiger partial charge in [0.05, 0.1) is 6.33 Å². The first-order valence-corrected chi connectivity index (χ1v) is 15.4. The summed E-state index contributed by atoms with van der Waals surface area (Å²) in [7, 11) is 0. The van der Waals surface area contributed by atoms with E-state index in [1.807, 2.05) is 6.33 Å². The second kappa shape index (κ2) is 15.1. The average molecular weight is 648 g/mol. The molecule has 0 unspecified atom stereocenters. The summed E-state index contributed by atoms with van der Waals surface area (Å²) in [5, 5.41) is 8.72. The van der Waals surface area contributed by atoms with Crippen LogP contribution in [0.15, 0.2) is 48.8 Å². The lowest BCUT2D eigenvalue weighted by atomic mass is 9.88. The zero-order valence-electron chi connectivity index (χ0n) is 24.7. The van der Waals surface area contributed by atoms with Gasteiger partial charge in [-0.3, -0.25) is 0 Å². The van der Waals surface area contributed by atoms with Gasteiger partial charge in [-0.2, -0.15) is 9.97 Å². The molecule has 4 N–H and O–H groups in total. The minimum Gasteiger partial charge on any atom is -0.351 e. The molecule has 234 valence electrons. The molecule has 2 aromatic heterocycles. The second-order valence-electron chi connectivity index (χ2n) is 12.3. The number of imidazole rings is 1. The Morgan fingerprint density at radius 1 is 0.814 bits per heavy atom. The van der Waals surface area contributed by atoms with Crippen LogP contribution in [-0.2, 0) is 6.42 Å². The molecule has 3 aliphatic rings. The summed E-state index contributed by atoms with van der Waals surface area (Å²) in [5.74, 6) is 2.22. The molecule has 1 aliphatic heterocycles. The predicted molar refractivity (Wildman–Crippen MR) is 184 cm³/mol. The number of nitrogens with one attached hydrogen (secondary N) is 2. The highest BCUT2D eigenvalue weighted by molar-refractivity contribution is 5.86. The molecule has 3 heterocycles. The molecule has 0 radical (unpaired) electrons. The molecule has 7 rings (SSSR count). The highest BCUT2D eigenvalue weighted by Crippen LogP contribution is 2.34. The van der Waals surface area contributed by atoms with E-state index in [4.69, 9.17) is 20.7 Å². The fourth-order valence-corrected chi connectivity index (χ4v) is 7.13. The average Bonchev–Trinajstić information content (AvgIpc) is 3.66. The standard InChI is InChI=1S/C32H42N8.3ClH/c33-25-12-14-26(15-13-25)35-32-36-30(29-31(37-32)40(21-34-29)27-9-2-3-10-27)38-39-18-16-22(17-19-39)20-24-8-5-7-23-6-1-4-11-28(23)24;;;/h1,4-8,11,21-22,25-27H,2-3,9-10,12-20,33H2,(H2,35,36,37,38);3*1H/t25-,26-;;;. The van der Waals surface area contributed by atoms with Crippen LogP contribution in [0.25, 0.3) is 21.9 Å². The Morgan fingerprint density at radius 3 is 2.30 bits per heavy atom. The van der Waals surface area contributed by atoms with Gasteiger partial charge in [0.15, 0.2) is 17.0 Å². The van der Waals surface area contributed by atoms with Gasteiger partial charge in [-0.25, -0.2) is 9.99 Å². The van der Waals surface area contributed by atoms with Gasteiger partial charge < -0.3 is 21.0 Å². The Bertz CT molecular complexity index is 1450. The molecule has 2 aliphatic carbocycles. The van der Waals surface area contributed by atoms with E-state index in [9.17, 15) is 0 Å². The predicted octanol–water partition coefficient (Wildman–Crippen LogP) is 7.32. The van der Waals surface area contributed by atoms with Crippen LogP contribution in [0.3, 0.4) is 0 Å². The summed E-state index contributed by atoms with van der Waals surface area (Å²) in [5.41, 5.74) is 13.1. The van der Waals surface area contributed by atoms with E-state index in [-0.39, 0.29) is 37.2 Å². The van der Waals surface area contributed by atoms with Gasteiger partial charge in [0, 0.05) is 31.2 Å². The van der Waals surface area contributed by atoms with Crippen LogP contribution in [0.5, 0.6) is 0 Å². The SMILES string of the molecule is Cl.Cl.Cl.N[C@H]1CC[C@H](Nc2nc(NN3CCC(Cc4cccc5ccccc45)CC3)c3ncn(C4CCCC4)c3n2)CC1. The second-order valence-corrected chi connectivity index (χ2v) is 12.3. The van der Waals surface area contributed by atoms with Gasteiger partial charge in [0.1, 0.15) is 0 Å². The monoisotopic (exact) mass is 646 g/mol. The molecule has 0 atom stereocenters. The third kappa shape index (κ3) is 7.48. The minimum absolute atomic E-state index is 0. The van der Waals surface area contributed by atoms with Crippen LogP contribution in [0.2, 0.25) is 0 Å². The molecule has 0 spiro atoms. The number of benzene rings is 2. The maximum Gasteiger partial charge on any atom is 0.227 e. The number of halogens is 3. The maximum atomic E-state index is 6.16. The van der Waals surface area contributed by atoms with E-state index < -0.39 is 0 Å². The van der Waals surface area contributed by atoms with E-state index in [2.05, 4.69) is 62.8 Å². The van der Waals surface area contributed by atoms with Crippen molar-refractivity contribution < 1.29 is 0 Å². The van der Waals surface area contributed by atoms with Crippen LogP contribution in [0, 0.1) is 5.92 Å². The van der Waals surface area contributed by atoms with Gasteiger partial charge in [-0.1, -0.05) is 55.3 Å². The first-order valence-electron chi connectivity index (χ1n) is 15.4. The molecule has 2 aromatic carbocycles. The molecule has 0 bridgehead atoms. The molecule has 0 amide bonds. The third-order valence-electron chi connectivity index (χ3n) is 9.51. The number of hydrogen-bond donors (Lipinski definition) is 3. The van der Waals surface area contributed by atoms with Gasteiger partial charge in [-0.15, -0.1) is 37.2 Å². The van der Waals surface area contributed by atoms with Crippen molar-refractivity contribution in [1.29, 1.82) is 0 Å². The van der Waals surface area contributed by atoms with Crippen molar-refractivity contribution in [2.45, 2.75) is 88.8 Å². The van der Waals surface area contributed by atoms with E-state index in [1.165, 1.54) is 42.0 Å². The molecular weight excluding hydrogens is 603 g/mol. The van der Waals surface area contributed by atoms with Gasteiger partial charge in [0.25, 0.3) is 0 Å². The zero-order valence-corrected chi connectivity index (χ0v) is 27.1. The number of hydrogen-bond acceptors (Lipinski definition) is 7. The Balaban J connectivity index is 0.00000141. The Labute approximate surface area is 273 Å². The molecule has 8 nitrogen and oxygen atoms in total. The lowest BCUT2D eigenvalue weighted by Gasteiger charge is -2.33. The number of hydrazine groups is 1. The normalized spacial score (nSPS) is 21.6. The molecule has 2 saturated carbocycles. The highest BCUT2D eigenvalue weighted by atomic mass is 35.5. The largest absolute Gasteiger partial charge is 0.351 e. The van der Waals surface area contributed by atoms with Crippen molar-refractivity contribution in [2.24, 2.45) is 11.7 Å². The summed E-state index contributed by atoms with van der Waals surface area (Å²) in [4.78, 5) is 14.8. The molecule has 1 saturated heterocycles. The third-order valence-corrected chi connectivity index (χ3v) is 9.51. The Hall–Kier alpha value is -2.36. The summed E-state index contributed by atoms with van der Waals surface area (Å²) in [6.45, 7) is 1.99. The summed E-state index contributed by atoms with van der Waals surface area (Å²) in [6.07, 6.45) is 14.6. The van der Waals surface area contributed by atoms with E-state index >= 15 is 0 Å². The van der Waals surface area contributed by atoms with E-state index in [0.717, 1.165) is 75.0 Å². The molecule has 3 fully saturated rings. The van der Waals surface area contributed by atoms with Crippen molar-refractivity contribution in [2.75, 3.05) is 23.8 Å². The topological polar surface area (TPSA) is 96.9 Å². The maximum absolute atomic E-state index is 6.16. The van der Waals surface area contributed by atoms with Crippen molar-refractivity contribution in [3.05, 3.63) is 54.4 Å². The number of anilines is 2. The summed E-state index contributed by atoms with van der Waals surface area (Å²) in [6, 6.07) is 16.7. The fraction of sp³-hybridized carbons (Fsp3) is 0.531. The Kier molecular flexibility index (Phi) is 11.8. The van der Waals surface area contributed by atoms with Crippen molar-refractivity contribution in [3.8, 4) is 0 Å². The van der Waals surface area contributed by atoms with Crippen molar-refractivity contribution in [3.63, 3.8) is 0 Å². The van der Waals surface area contributed by atoms with Gasteiger partial charge in [-0.05, 0) is 80.0 Å². The quantitative estimate of drug-likeness (QED) is 0.193. The van der Waals surface area contributed by atoms with E-state index in [1.54, 1.807) is 0 Å². The number of rotatable bonds is 7. The number of fused-ring (bicyclic) bond motifs is 2. The molecule has 43 heavy (non-hydrogen) atoms. The molecule has 4 aromatic rings. The first-order chi connectivity index (χ1) is 19.7. The number of nitrogens with two attached hydrogens (primary N) is 1. The van der Waals surface area contributed by atoms with Crippen molar-refractivity contribution in [1.82, 2.24) is 24.5 Å².